The fourth-order valence-electron chi connectivity index (χ4n) is 2.62. The molecule has 1 N–H and O–H groups in total. The van der Waals surface area contributed by atoms with Gasteiger partial charge in [0.2, 0.25) is 5.91 Å². The first kappa shape index (κ1) is 19.8. The third kappa shape index (κ3) is 4.48. The Labute approximate surface area is 168 Å². The maximum atomic E-state index is 12.5. The first-order valence-corrected chi connectivity index (χ1v) is 9.78. The van der Waals surface area contributed by atoms with Gasteiger partial charge in [-0.05, 0) is 45.0 Å². The predicted molar refractivity (Wildman–Crippen MR) is 112 cm³/mol. The highest BCUT2D eigenvalue weighted by molar-refractivity contribution is 8.00. The lowest BCUT2D eigenvalue weighted by Crippen LogP contribution is -2.22. The van der Waals surface area contributed by atoms with Gasteiger partial charge in [-0.3, -0.25) is 9.59 Å². The van der Waals surface area contributed by atoms with Gasteiger partial charge in [0.05, 0.1) is 5.25 Å². The van der Waals surface area contributed by atoms with Crippen LogP contribution in [0, 0.1) is 6.92 Å². The van der Waals surface area contributed by atoms with E-state index in [0.29, 0.717) is 16.4 Å². The van der Waals surface area contributed by atoms with Crippen molar-refractivity contribution in [3.05, 3.63) is 59.7 Å². The number of Topliss-reactive ketones (excluding diaryl/α,β-unsaturated/α-hetero) is 1. The molecule has 3 aromatic rings. The lowest BCUT2D eigenvalue weighted by molar-refractivity contribution is -0.115. The maximum Gasteiger partial charge on any atom is 0.237 e. The van der Waals surface area contributed by atoms with Crippen molar-refractivity contribution in [2.75, 3.05) is 5.32 Å². The molecule has 0 bridgehead atoms. The zero-order chi connectivity index (χ0) is 20.3. The summed E-state index contributed by atoms with van der Waals surface area (Å²) < 4.78 is 1.89. The Bertz CT molecular complexity index is 994. The van der Waals surface area contributed by atoms with Crippen LogP contribution in [0.15, 0.2) is 53.7 Å². The number of nitrogens with zero attached hydrogens (tertiary/aromatic N) is 3. The molecule has 2 aromatic carbocycles. The summed E-state index contributed by atoms with van der Waals surface area (Å²) in [5, 5.41) is 11.7. The number of anilines is 1. The quantitative estimate of drug-likeness (QED) is 0.503. The fraction of sp³-hybridized carbons (Fsp3) is 0.238. The Balaban J connectivity index is 1.67. The van der Waals surface area contributed by atoms with Gasteiger partial charge in [-0.1, -0.05) is 41.6 Å². The molecule has 0 unspecified atom stereocenters. The summed E-state index contributed by atoms with van der Waals surface area (Å²) in [4.78, 5) is 23.8. The van der Waals surface area contributed by atoms with Gasteiger partial charge in [0.15, 0.2) is 16.8 Å². The molecule has 28 heavy (non-hydrogen) atoms. The van der Waals surface area contributed by atoms with Crippen LogP contribution in [0.5, 0.6) is 0 Å². The van der Waals surface area contributed by atoms with Crippen LogP contribution in [0.2, 0.25) is 0 Å². The van der Waals surface area contributed by atoms with E-state index in [1.807, 2.05) is 49.7 Å². The molecular formula is C21H22N4O2S. The second kappa shape index (κ2) is 8.39. The van der Waals surface area contributed by atoms with Crippen molar-refractivity contribution in [2.45, 2.75) is 31.2 Å². The van der Waals surface area contributed by atoms with Gasteiger partial charge in [0.1, 0.15) is 0 Å². The number of nitrogens with one attached hydrogen (secondary N) is 1. The van der Waals surface area contributed by atoms with Crippen LogP contribution in [0.1, 0.15) is 29.8 Å². The topological polar surface area (TPSA) is 76.9 Å². The van der Waals surface area contributed by atoms with E-state index in [2.05, 4.69) is 15.5 Å². The number of thioether (sulfide) groups is 1. The van der Waals surface area contributed by atoms with Crippen LogP contribution in [0.4, 0.5) is 5.69 Å². The van der Waals surface area contributed by atoms with Crippen molar-refractivity contribution in [3.63, 3.8) is 0 Å². The van der Waals surface area contributed by atoms with Gasteiger partial charge in [-0.15, -0.1) is 10.2 Å². The van der Waals surface area contributed by atoms with Crippen molar-refractivity contribution >= 4 is 29.1 Å². The second-order valence-corrected chi connectivity index (χ2v) is 7.92. The Morgan fingerprint density at radius 3 is 2.29 bits per heavy atom. The average Bonchev–Trinajstić information content (AvgIpc) is 3.03. The van der Waals surface area contributed by atoms with Crippen LogP contribution < -0.4 is 5.32 Å². The highest BCUT2D eigenvalue weighted by Gasteiger charge is 2.19. The minimum atomic E-state index is -0.360. The van der Waals surface area contributed by atoms with E-state index in [9.17, 15) is 9.59 Å². The van der Waals surface area contributed by atoms with Crippen molar-refractivity contribution < 1.29 is 9.59 Å². The van der Waals surface area contributed by atoms with Crippen LogP contribution in [0.25, 0.3) is 11.4 Å². The molecule has 0 fully saturated rings. The molecule has 0 saturated carbocycles. The number of ketones is 1. The highest BCUT2D eigenvalue weighted by atomic mass is 32.2. The smallest absolute Gasteiger partial charge is 0.237 e. The van der Waals surface area contributed by atoms with Crippen LogP contribution in [-0.2, 0) is 11.8 Å². The molecule has 6 nitrogen and oxygen atoms in total. The molecule has 7 heteroatoms. The average molecular weight is 395 g/mol. The molecule has 1 amide bonds. The summed E-state index contributed by atoms with van der Waals surface area (Å²) in [7, 11) is 1.89. The summed E-state index contributed by atoms with van der Waals surface area (Å²) in [5.41, 5.74) is 3.43. The molecule has 0 spiro atoms. The number of hydrogen-bond donors (Lipinski definition) is 1. The van der Waals surface area contributed by atoms with E-state index >= 15 is 0 Å². The molecule has 1 atom stereocenters. The number of rotatable bonds is 6. The molecule has 0 aliphatic carbocycles. The third-order valence-electron chi connectivity index (χ3n) is 4.36. The lowest BCUT2D eigenvalue weighted by atomic mass is 10.1. The molecule has 1 heterocycles. The second-order valence-electron chi connectivity index (χ2n) is 6.61. The van der Waals surface area contributed by atoms with E-state index in [1.54, 1.807) is 24.3 Å². The van der Waals surface area contributed by atoms with Crippen LogP contribution in [0.3, 0.4) is 0 Å². The predicted octanol–water partition coefficient (Wildman–Crippen LogP) is 4.11. The van der Waals surface area contributed by atoms with E-state index in [4.69, 9.17) is 0 Å². The number of carbonyl (C=O) groups is 2. The minimum absolute atomic E-state index is 0.00605. The van der Waals surface area contributed by atoms with Gasteiger partial charge in [-0.25, -0.2) is 0 Å². The molecule has 0 aliphatic heterocycles. The Morgan fingerprint density at radius 2 is 1.68 bits per heavy atom. The third-order valence-corrected chi connectivity index (χ3v) is 5.49. The minimum Gasteiger partial charge on any atom is -0.325 e. The number of aryl methyl sites for hydroxylation is 1. The standard InChI is InChI=1S/C21H22N4O2S/c1-13-5-7-17(8-6-13)19-23-24-21(25(19)4)28-15(3)20(27)22-18-11-9-16(10-12-18)14(2)26/h5-12,15H,1-4H3,(H,22,27)/t15-/m1/s1. The summed E-state index contributed by atoms with van der Waals surface area (Å²) in [6.45, 7) is 5.37. The van der Waals surface area contributed by atoms with Gasteiger partial charge >= 0.3 is 0 Å². The normalized spacial score (nSPS) is 11.9. The zero-order valence-electron chi connectivity index (χ0n) is 16.3. The Kier molecular flexibility index (Phi) is 5.94. The van der Waals surface area contributed by atoms with Crippen molar-refractivity contribution in [1.29, 1.82) is 0 Å². The maximum absolute atomic E-state index is 12.5. The summed E-state index contributed by atoms with van der Waals surface area (Å²) >= 11 is 1.35. The summed E-state index contributed by atoms with van der Waals surface area (Å²) in [6.07, 6.45) is 0. The Hall–Kier alpha value is -2.93. The lowest BCUT2D eigenvalue weighted by Gasteiger charge is -2.12. The summed E-state index contributed by atoms with van der Waals surface area (Å²) in [6, 6.07) is 14.9. The van der Waals surface area contributed by atoms with Gasteiger partial charge in [0, 0.05) is 23.9 Å². The van der Waals surface area contributed by atoms with Crippen LogP contribution >= 0.6 is 11.8 Å². The Morgan fingerprint density at radius 1 is 1.04 bits per heavy atom. The van der Waals surface area contributed by atoms with Crippen molar-refractivity contribution in [3.8, 4) is 11.4 Å². The molecule has 0 aliphatic rings. The van der Waals surface area contributed by atoms with Gasteiger partial charge < -0.3 is 9.88 Å². The number of carbonyl (C=O) groups excluding carboxylic acids is 2. The zero-order valence-corrected chi connectivity index (χ0v) is 17.1. The first-order chi connectivity index (χ1) is 13.3. The molecule has 0 saturated heterocycles. The van der Waals surface area contributed by atoms with E-state index in [0.717, 1.165) is 11.4 Å². The highest BCUT2D eigenvalue weighted by Crippen LogP contribution is 2.26. The molecular weight excluding hydrogens is 372 g/mol. The summed E-state index contributed by atoms with van der Waals surface area (Å²) in [5.74, 6) is 0.615. The van der Waals surface area contributed by atoms with Crippen molar-refractivity contribution in [1.82, 2.24) is 14.8 Å². The fourth-order valence-corrected chi connectivity index (χ4v) is 3.43. The van der Waals surface area contributed by atoms with Gasteiger partial charge in [0.25, 0.3) is 0 Å². The number of amides is 1. The SMILES string of the molecule is CC(=O)c1ccc(NC(=O)[C@@H](C)Sc2nnc(-c3ccc(C)cc3)n2C)cc1. The number of hydrogen-bond acceptors (Lipinski definition) is 5. The molecule has 0 radical (unpaired) electrons. The molecule has 1 aromatic heterocycles. The molecule has 3 rings (SSSR count). The van der Waals surface area contributed by atoms with E-state index in [1.165, 1.54) is 24.2 Å². The van der Waals surface area contributed by atoms with Gasteiger partial charge in [-0.2, -0.15) is 0 Å². The van der Waals surface area contributed by atoms with Crippen LogP contribution in [-0.4, -0.2) is 31.7 Å². The van der Waals surface area contributed by atoms with E-state index in [-0.39, 0.29) is 16.9 Å². The monoisotopic (exact) mass is 394 g/mol. The largest absolute Gasteiger partial charge is 0.325 e. The number of benzene rings is 2. The van der Waals surface area contributed by atoms with Crippen molar-refractivity contribution in [2.24, 2.45) is 7.05 Å². The first-order valence-electron chi connectivity index (χ1n) is 8.90. The van der Waals surface area contributed by atoms with E-state index < -0.39 is 0 Å². The number of aromatic nitrogens is 3. The molecule has 144 valence electrons.